The van der Waals surface area contributed by atoms with Crippen molar-refractivity contribution in [3.63, 3.8) is 0 Å². The van der Waals surface area contributed by atoms with E-state index >= 15 is 0 Å². The summed E-state index contributed by atoms with van der Waals surface area (Å²) in [5.74, 6) is 1.76. The van der Waals surface area contributed by atoms with Gasteiger partial charge in [0.2, 0.25) is 0 Å². The van der Waals surface area contributed by atoms with E-state index in [2.05, 4.69) is 29.0 Å². The minimum Gasteiger partial charge on any atom is -0.316 e. The van der Waals surface area contributed by atoms with Gasteiger partial charge in [0.25, 0.3) is 0 Å². The lowest BCUT2D eigenvalue weighted by molar-refractivity contribution is 0.152. The summed E-state index contributed by atoms with van der Waals surface area (Å²) in [5, 5.41) is 3.55. The highest BCUT2D eigenvalue weighted by Gasteiger charge is 2.22. The van der Waals surface area contributed by atoms with Gasteiger partial charge in [-0.2, -0.15) is 0 Å². The molecule has 124 valence electrons. The molecule has 0 aromatic heterocycles. The molecular weight excluding hydrogens is 258 g/mol. The molecule has 1 N–H and O–H groups in total. The first-order valence-corrected chi connectivity index (χ1v) is 9.39. The fourth-order valence-electron chi connectivity index (χ4n) is 3.70. The molecular formula is C18H37N3. The molecule has 0 unspecified atom stereocenters. The maximum Gasteiger partial charge on any atom is 0.00106 e. The zero-order chi connectivity index (χ0) is 14.9. The van der Waals surface area contributed by atoms with Gasteiger partial charge >= 0.3 is 0 Å². The maximum absolute atomic E-state index is 3.55. The molecule has 0 aromatic rings. The van der Waals surface area contributed by atoms with E-state index in [1.807, 2.05) is 0 Å². The third kappa shape index (κ3) is 7.12. The van der Waals surface area contributed by atoms with Crippen molar-refractivity contribution in [1.82, 2.24) is 15.1 Å². The van der Waals surface area contributed by atoms with E-state index in [0.717, 1.165) is 11.8 Å². The molecule has 0 atom stereocenters. The van der Waals surface area contributed by atoms with Crippen LogP contribution >= 0.6 is 0 Å². The lowest BCUT2D eigenvalue weighted by atomic mass is 9.96. The van der Waals surface area contributed by atoms with Gasteiger partial charge in [0.1, 0.15) is 0 Å². The Morgan fingerprint density at radius 2 is 1.67 bits per heavy atom. The molecule has 0 saturated carbocycles. The van der Waals surface area contributed by atoms with Crippen LogP contribution in [0.1, 0.15) is 52.4 Å². The molecule has 2 fully saturated rings. The highest BCUT2D eigenvalue weighted by molar-refractivity contribution is 4.77. The van der Waals surface area contributed by atoms with Gasteiger partial charge in [-0.1, -0.05) is 13.8 Å². The molecule has 21 heavy (non-hydrogen) atoms. The number of rotatable bonds is 9. The van der Waals surface area contributed by atoms with Crippen molar-refractivity contribution in [1.29, 1.82) is 0 Å². The summed E-state index contributed by atoms with van der Waals surface area (Å²) in [7, 11) is 0. The summed E-state index contributed by atoms with van der Waals surface area (Å²) in [5.41, 5.74) is 0. The van der Waals surface area contributed by atoms with Gasteiger partial charge in [-0.05, 0) is 96.2 Å². The Bertz CT molecular complexity index is 253. The zero-order valence-corrected chi connectivity index (χ0v) is 14.4. The minimum atomic E-state index is 0.777. The molecule has 0 amide bonds. The van der Waals surface area contributed by atoms with Crippen molar-refractivity contribution >= 4 is 0 Å². The second kappa shape index (κ2) is 9.81. The van der Waals surface area contributed by atoms with Gasteiger partial charge in [-0.15, -0.1) is 0 Å². The summed E-state index contributed by atoms with van der Waals surface area (Å²) in [4.78, 5) is 5.39. The van der Waals surface area contributed by atoms with Crippen LogP contribution in [0.15, 0.2) is 0 Å². The van der Waals surface area contributed by atoms with Gasteiger partial charge in [0, 0.05) is 6.54 Å². The Hall–Kier alpha value is -0.120. The first-order chi connectivity index (χ1) is 10.2. The minimum absolute atomic E-state index is 0.777. The highest BCUT2D eigenvalue weighted by Crippen LogP contribution is 2.20. The number of unbranched alkanes of at least 4 members (excludes halogenated alkanes) is 1. The van der Waals surface area contributed by atoms with E-state index in [0.29, 0.717) is 0 Å². The molecule has 3 nitrogen and oxygen atoms in total. The van der Waals surface area contributed by atoms with E-state index in [9.17, 15) is 0 Å². The molecule has 2 aliphatic heterocycles. The summed E-state index contributed by atoms with van der Waals surface area (Å²) in [6, 6.07) is 0. The lowest BCUT2D eigenvalue weighted by Crippen LogP contribution is -2.38. The Morgan fingerprint density at radius 3 is 2.33 bits per heavy atom. The van der Waals surface area contributed by atoms with Gasteiger partial charge < -0.3 is 15.1 Å². The normalized spacial score (nSPS) is 22.4. The summed E-state index contributed by atoms with van der Waals surface area (Å²) < 4.78 is 0. The monoisotopic (exact) mass is 295 g/mol. The van der Waals surface area contributed by atoms with Crippen LogP contribution < -0.4 is 5.32 Å². The van der Waals surface area contributed by atoms with E-state index in [1.165, 1.54) is 90.9 Å². The van der Waals surface area contributed by atoms with Crippen LogP contribution in [0, 0.1) is 11.8 Å². The summed E-state index contributed by atoms with van der Waals surface area (Å²) in [6.07, 6.45) is 8.43. The fourth-order valence-corrected chi connectivity index (χ4v) is 3.70. The third-order valence-corrected chi connectivity index (χ3v) is 5.05. The van der Waals surface area contributed by atoms with Gasteiger partial charge in [0.15, 0.2) is 0 Å². The maximum atomic E-state index is 3.55. The first kappa shape index (κ1) is 17.2. The van der Waals surface area contributed by atoms with Crippen LogP contribution in [0.5, 0.6) is 0 Å². The van der Waals surface area contributed by atoms with Crippen molar-refractivity contribution in [2.45, 2.75) is 52.4 Å². The average Bonchev–Trinajstić information content (AvgIpc) is 2.97. The van der Waals surface area contributed by atoms with Crippen molar-refractivity contribution in [3.8, 4) is 0 Å². The van der Waals surface area contributed by atoms with E-state index < -0.39 is 0 Å². The van der Waals surface area contributed by atoms with Crippen LogP contribution in [-0.4, -0.2) is 62.2 Å². The highest BCUT2D eigenvalue weighted by atomic mass is 15.2. The number of hydrogen-bond donors (Lipinski definition) is 1. The van der Waals surface area contributed by atoms with Crippen molar-refractivity contribution in [3.05, 3.63) is 0 Å². The van der Waals surface area contributed by atoms with Crippen molar-refractivity contribution < 1.29 is 0 Å². The second-order valence-corrected chi connectivity index (χ2v) is 7.60. The lowest BCUT2D eigenvalue weighted by Gasteiger charge is -2.33. The Kier molecular flexibility index (Phi) is 8.05. The third-order valence-electron chi connectivity index (χ3n) is 5.05. The molecule has 3 heteroatoms. The van der Waals surface area contributed by atoms with Crippen LogP contribution in [-0.2, 0) is 0 Å². The number of likely N-dealkylation sites (tertiary alicyclic amines) is 2. The summed E-state index contributed by atoms with van der Waals surface area (Å²) in [6.45, 7) is 15.0. The first-order valence-electron chi connectivity index (χ1n) is 9.39. The predicted octanol–water partition coefficient (Wildman–Crippen LogP) is 2.82. The van der Waals surface area contributed by atoms with Gasteiger partial charge in [0.05, 0.1) is 0 Å². The standard InChI is InChI=1S/C18H37N3/c1-17(2)15-19-9-3-4-10-20-13-7-18(8-14-20)16-21-11-5-6-12-21/h17-19H,3-16H2,1-2H3. The quantitative estimate of drug-likeness (QED) is 0.660. The molecule has 0 aromatic carbocycles. The molecule has 0 bridgehead atoms. The molecule has 0 radical (unpaired) electrons. The molecule has 2 aliphatic rings. The molecule has 0 aliphatic carbocycles. The SMILES string of the molecule is CC(C)CNCCCCN1CCC(CN2CCCC2)CC1. The van der Waals surface area contributed by atoms with E-state index in [1.54, 1.807) is 0 Å². The van der Waals surface area contributed by atoms with Crippen LogP contribution in [0.3, 0.4) is 0 Å². The number of hydrogen-bond acceptors (Lipinski definition) is 3. The van der Waals surface area contributed by atoms with Crippen molar-refractivity contribution in [2.75, 3.05) is 52.4 Å². The predicted molar refractivity (Wildman–Crippen MR) is 91.8 cm³/mol. The average molecular weight is 296 g/mol. The molecule has 0 spiro atoms. The fraction of sp³-hybridized carbons (Fsp3) is 1.00. The topological polar surface area (TPSA) is 18.5 Å². The van der Waals surface area contributed by atoms with Gasteiger partial charge in [-0.3, -0.25) is 0 Å². The van der Waals surface area contributed by atoms with Crippen LogP contribution in [0.25, 0.3) is 0 Å². The number of piperidine rings is 1. The number of nitrogens with one attached hydrogen (secondary N) is 1. The Morgan fingerprint density at radius 1 is 0.952 bits per heavy atom. The summed E-state index contributed by atoms with van der Waals surface area (Å²) >= 11 is 0. The Labute approximate surface area is 132 Å². The zero-order valence-electron chi connectivity index (χ0n) is 14.4. The van der Waals surface area contributed by atoms with Crippen LogP contribution in [0.4, 0.5) is 0 Å². The largest absolute Gasteiger partial charge is 0.316 e. The van der Waals surface area contributed by atoms with E-state index in [4.69, 9.17) is 0 Å². The smallest absolute Gasteiger partial charge is 0.00106 e. The van der Waals surface area contributed by atoms with Gasteiger partial charge in [-0.25, -0.2) is 0 Å². The second-order valence-electron chi connectivity index (χ2n) is 7.60. The Balaban J connectivity index is 1.45. The number of nitrogens with zero attached hydrogens (tertiary/aromatic N) is 2. The van der Waals surface area contributed by atoms with E-state index in [-0.39, 0.29) is 0 Å². The van der Waals surface area contributed by atoms with Crippen LogP contribution in [0.2, 0.25) is 0 Å². The van der Waals surface area contributed by atoms with Crippen molar-refractivity contribution in [2.24, 2.45) is 11.8 Å². The molecule has 2 saturated heterocycles. The molecule has 2 heterocycles. The molecule has 2 rings (SSSR count).